The first-order valence-electron chi connectivity index (χ1n) is 5.94. The van der Waals surface area contributed by atoms with Crippen molar-refractivity contribution in [3.63, 3.8) is 0 Å². The molecule has 0 aromatic heterocycles. The molecule has 3 nitrogen and oxygen atoms in total. The fraction of sp³-hybridized carbons (Fsp3) is 0.0625. The SMILES string of the molecule is COc1ccc(/C=C/c2cc(F)c(O)c(C=O)c2)cc1. The second-order valence-corrected chi connectivity index (χ2v) is 4.16. The smallest absolute Gasteiger partial charge is 0.166 e. The molecule has 2 aromatic carbocycles. The van der Waals surface area contributed by atoms with E-state index < -0.39 is 11.6 Å². The lowest BCUT2D eigenvalue weighted by molar-refractivity contribution is 0.112. The number of methoxy groups -OCH3 is 1. The van der Waals surface area contributed by atoms with Gasteiger partial charge >= 0.3 is 0 Å². The molecule has 2 rings (SSSR count). The van der Waals surface area contributed by atoms with Gasteiger partial charge in [-0.2, -0.15) is 0 Å². The van der Waals surface area contributed by atoms with Crippen molar-refractivity contribution in [1.29, 1.82) is 0 Å². The summed E-state index contributed by atoms with van der Waals surface area (Å²) in [6.45, 7) is 0. The fourth-order valence-electron chi connectivity index (χ4n) is 1.74. The normalized spacial score (nSPS) is 10.7. The van der Waals surface area contributed by atoms with Gasteiger partial charge in [-0.15, -0.1) is 0 Å². The number of benzene rings is 2. The summed E-state index contributed by atoms with van der Waals surface area (Å²) in [7, 11) is 1.59. The van der Waals surface area contributed by atoms with Crippen molar-refractivity contribution in [3.8, 4) is 11.5 Å². The summed E-state index contributed by atoms with van der Waals surface area (Å²) in [6.07, 6.45) is 3.86. The van der Waals surface area contributed by atoms with Crippen LogP contribution in [0, 0.1) is 5.82 Å². The lowest BCUT2D eigenvalue weighted by Gasteiger charge is -2.02. The van der Waals surface area contributed by atoms with E-state index in [1.807, 2.05) is 24.3 Å². The van der Waals surface area contributed by atoms with E-state index in [2.05, 4.69) is 0 Å². The van der Waals surface area contributed by atoms with Crippen LogP contribution in [-0.2, 0) is 0 Å². The van der Waals surface area contributed by atoms with Crippen molar-refractivity contribution in [2.24, 2.45) is 0 Å². The van der Waals surface area contributed by atoms with Crippen molar-refractivity contribution in [2.75, 3.05) is 7.11 Å². The molecule has 0 aliphatic rings. The Morgan fingerprint density at radius 2 is 1.75 bits per heavy atom. The van der Waals surface area contributed by atoms with Gasteiger partial charge < -0.3 is 9.84 Å². The second-order valence-electron chi connectivity index (χ2n) is 4.16. The molecule has 0 saturated carbocycles. The predicted octanol–water partition coefficient (Wildman–Crippen LogP) is 3.52. The van der Waals surface area contributed by atoms with Crippen LogP contribution in [0.3, 0.4) is 0 Å². The van der Waals surface area contributed by atoms with Gasteiger partial charge in [0.05, 0.1) is 12.7 Å². The van der Waals surface area contributed by atoms with E-state index in [0.29, 0.717) is 11.8 Å². The van der Waals surface area contributed by atoms with Gasteiger partial charge in [0.2, 0.25) is 0 Å². The molecule has 0 radical (unpaired) electrons. The molecule has 1 N–H and O–H groups in total. The van der Waals surface area contributed by atoms with Crippen LogP contribution in [0.2, 0.25) is 0 Å². The Labute approximate surface area is 115 Å². The van der Waals surface area contributed by atoms with Crippen LogP contribution in [0.4, 0.5) is 4.39 Å². The third-order valence-electron chi connectivity index (χ3n) is 2.83. The maximum atomic E-state index is 13.4. The standard InChI is InChI=1S/C16H13FO3/c1-20-14-6-4-11(5-7-14)2-3-12-8-13(10-18)16(19)15(17)9-12/h2-10,19H,1H3/b3-2+. The molecule has 0 fully saturated rings. The molecule has 0 aliphatic carbocycles. The molecule has 0 spiro atoms. The Hall–Kier alpha value is -2.62. The minimum Gasteiger partial charge on any atom is -0.504 e. The molecule has 20 heavy (non-hydrogen) atoms. The van der Waals surface area contributed by atoms with E-state index in [1.54, 1.807) is 19.3 Å². The van der Waals surface area contributed by atoms with Crippen LogP contribution >= 0.6 is 0 Å². The van der Waals surface area contributed by atoms with Gasteiger partial charge in [0.15, 0.2) is 17.9 Å². The first kappa shape index (κ1) is 13.8. The quantitative estimate of drug-likeness (QED) is 0.684. The molecular formula is C16H13FO3. The van der Waals surface area contributed by atoms with Gasteiger partial charge in [-0.1, -0.05) is 24.3 Å². The maximum Gasteiger partial charge on any atom is 0.166 e. The molecule has 0 atom stereocenters. The number of halogens is 1. The first-order valence-corrected chi connectivity index (χ1v) is 5.94. The molecule has 0 amide bonds. The Balaban J connectivity index is 2.26. The molecule has 0 bridgehead atoms. The lowest BCUT2D eigenvalue weighted by atomic mass is 10.1. The van der Waals surface area contributed by atoms with Gasteiger partial charge in [0.1, 0.15) is 5.75 Å². The lowest BCUT2D eigenvalue weighted by Crippen LogP contribution is -1.88. The summed E-state index contributed by atoms with van der Waals surface area (Å²) < 4.78 is 18.4. The van der Waals surface area contributed by atoms with Crippen LogP contribution in [0.15, 0.2) is 36.4 Å². The molecule has 102 valence electrons. The average molecular weight is 272 g/mol. The van der Waals surface area contributed by atoms with E-state index in [1.165, 1.54) is 12.1 Å². The summed E-state index contributed by atoms with van der Waals surface area (Å²) >= 11 is 0. The van der Waals surface area contributed by atoms with E-state index in [4.69, 9.17) is 4.74 Å². The van der Waals surface area contributed by atoms with Gasteiger partial charge in [-0.05, 0) is 35.4 Å². The highest BCUT2D eigenvalue weighted by Gasteiger charge is 2.07. The summed E-state index contributed by atoms with van der Waals surface area (Å²) in [5.41, 5.74) is 1.34. The van der Waals surface area contributed by atoms with Crippen molar-refractivity contribution in [2.45, 2.75) is 0 Å². The van der Waals surface area contributed by atoms with Gasteiger partial charge in [0, 0.05) is 0 Å². The van der Waals surface area contributed by atoms with Crippen molar-refractivity contribution >= 4 is 18.4 Å². The highest BCUT2D eigenvalue weighted by molar-refractivity contribution is 5.82. The molecule has 0 heterocycles. The highest BCUT2D eigenvalue weighted by Crippen LogP contribution is 2.23. The number of phenolic OH excluding ortho intramolecular Hbond substituents is 1. The van der Waals surface area contributed by atoms with Crippen molar-refractivity contribution in [3.05, 3.63) is 58.9 Å². The molecular weight excluding hydrogens is 259 g/mol. The number of hydrogen-bond donors (Lipinski definition) is 1. The highest BCUT2D eigenvalue weighted by atomic mass is 19.1. The number of rotatable bonds is 4. The number of phenols is 1. The largest absolute Gasteiger partial charge is 0.504 e. The molecule has 0 aliphatic heterocycles. The minimum absolute atomic E-state index is 0.0700. The number of carbonyl (C=O) groups excluding carboxylic acids is 1. The zero-order valence-corrected chi connectivity index (χ0v) is 10.8. The van der Waals surface area contributed by atoms with Crippen LogP contribution in [0.1, 0.15) is 21.5 Å². The topological polar surface area (TPSA) is 46.5 Å². The molecule has 4 heteroatoms. The molecule has 0 unspecified atom stereocenters. The Bertz CT molecular complexity index is 646. The number of ether oxygens (including phenoxy) is 1. The van der Waals surface area contributed by atoms with E-state index in [0.717, 1.165) is 11.3 Å². The maximum absolute atomic E-state index is 13.4. The summed E-state index contributed by atoms with van der Waals surface area (Å²) in [5.74, 6) is -0.688. The van der Waals surface area contributed by atoms with Crippen molar-refractivity contribution in [1.82, 2.24) is 0 Å². The van der Waals surface area contributed by atoms with Crippen LogP contribution in [0.5, 0.6) is 11.5 Å². The van der Waals surface area contributed by atoms with Gasteiger partial charge in [-0.25, -0.2) is 4.39 Å². The summed E-state index contributed by atoms with van der Waals surface area (Å²) in [6, 6.07) is 9.93. The third-order valence-corrected chi connectivity index (χ3v) is 2.83. The number of hydrogen-bond acceptors (Lipinski definition) is 3. The second kappa shape index (κ2) is 6.02. The monoisotopic (exact) mass is 272 g/mol. The van der Waals surface area contributed by atoms with E-state index in [9.17, 15) is 14.3 Å². The Kier molecular flexibility index (Phi) is 4.15. The van der Waals surface area contributed by atoms with Crippen LogP contribution in [-0.4, -0.2) is 18.5 Å². The first-order chi connectivity index (χ1) is 9.63. The van der Waals surface area contributed by atoms with E-state index in [-0.39, 0.29) is 5.56 Å². The molecule has 2 aromatic rings. The molecule has 0 saturated heterocycles. The van der Waals surface area contributed by atoms with E-state index >= 15 is 0 Å². The van der Waals surface area contributed by atoms with Crippen LogP contribution < -0.4 is 4.74 Å². The number of carbonyl (C=O) groups is 1. The fourth-order valence-corrected chi connectivity index (χ4v) is 1.74. The van der Waals surface area contributed by atoms with Gasteiger partial charge in [-0.3, -0.25) is 4.79 Å². The summed E-state index contributed by atoms with van der Waals surface area (Å²) in [5, 5.41) is 9.32. The number of aromatic hydroxyl groups is 1. The Morgan fingerprint density at radius 3 is 2.35 bits per heavy atom. The zero-order chi connectivity index (χ0) is 14.5. The van der Waals surface area contributed by atoms with Crippen LogP contribution in [0.25, 0.3) is 12.2 Å². The third kappa shape index (κ3) is 3.03. The minimum atomic E-state index is -0.816. The summed E-state index contributed by atoms with van der Waals surface area (Å²) in [4.78, 5) is 10.7. The Morgan fingerprint density at radius 1 is 1.10 bits per heavy atom. The predicted molar refractivity (Wildman–Crippen MR) is 75.4 cm³/mol. The van der Waals surface area contributed by atoms with Gasteiger partial charge in [0.25, 0.3) is 0 Å². The zero-order valence-electron chi connectivity index (χ0n) is 10.8. The average Bonchev–Trinajstić information content (AvgIpc) is 2.48. The number of aldehydes is 1. The van der Waals surface area contributed by atoms with Crippen molar-refractivity contribution < 1.29 is 19.0 Å².